The zero-order valence-electron chi connectivity index (χ0n) is 11.8. The van der Waals surface area contributed by atoms with Crippen molar-refractivity contribution in [2.75, 3.05) is 5.32 Å². The maximum absolute atomic E-state index is 10.6. The number of aliphatic carboxylic acids is 1. The lowest BCUT2D eigenvalue weighted by atomic mass is 9.98. The highest BCUT2D eigenvalue weighted by atomic mass is 16.5. The highest BCUT2D eigenvalue weighted by molar-refractivity contribution is 5.66. The van der Waals surface area contributed by atoms with Gasteiger partial charge in [-0.05, 0) is 34.1 Å². The van der Waals surface area contributed by atoms with Crippen molar-refractivity contribution in [3.05, 3.63) is 12.4 Å². The Morgan fingerprint density at radius 1 is 1.47 bits per heavy atom. The first-order chi connectivity index (χ1) is 8.78. The molecule has 1 aromatic rings. The molecule has 0 unspecified atom stereocenters. The number of anilines is 1. The van der Waals surface area contributed by atoms with E-state index in [1.807, 2.05) is 27.7 Å². The van der Waals surface area contributed by atoms with Gasteiger partial charge in [-0.15, -0.1) is 0 Å². The summed E-state index contributed by atoms with van der Waals surface area (Å²) >= 11 is 0. The number of carbonyl (C=O) groups is 1. The Hall–Kier alpha value is -1.85. The van der Waals surface area contributed by atoms with Gasteiger partial charge in [0.2, 0.25) is 5.88 Å². The summed E-state index contributed by atoms with van der Waals surface area (Å²) in [6.45, 7) is 7.71. The van der Waals surface area contributed by atoms with Crippen molar-refractivity contribution in [1.82, 2.24) is 9.97 Å². The quantitative estimate of drug-likeness (QED) is 0.788. The third kappa shape index (κ3) is 6.03. The van der Waals surface area contributed by atoms with Gasteiger partial charge in [-0.2, -0.15) is 0 Å². The molecule has 19 heavy (non-hydrogen) atoms. The van der Waals surface area contributed by atoms with Gasteiger partial charge in [0, 0.05) is 18.0 Å². The molecule has 0 bridgehead atoms. The maximum Gasteiger partial charge on any atom is 0.303 e. The average molecular weight is 267 g/mol. The van der Waals surface area contributed by atoms with E-state index in [1.54, 1.807) is 6.07 Å². The predicted octanol–water partition coefficient (Wildman–Crippen LogP) is 2.32. The fourth-order valence-corrected chi connectivity index (χ4v) is 1.54. The second-order valence-corrected chi connectivity index (χ2v) is 5.31. The van der Waals surface area contributed by atoms with Gasteiger partial charge in [-0.25, -0.2) is 9.97 Å². The first-order valence-electron chi connectivity index (χ1n) is 6.27. The SMILES string of the molecule is CC(C)Oc1cc(NC(C)(C)CCC(=O)O)ncn1. The van der Waals surface area contributed by atoms with Crippen LogP contribution in [0.15, 0.2) is 12.4 Å². The minimum Gasteiger partial charge on any atom is -0.481 e. The number of nitrogens with zero attached hydrogens (tertiary/aromatic N) is 2. The molecule has 0 atom stereocenters. The van der Waals surface area contributed by atoms with Crippen LogP contribution in [0.5, 0.6) is 5.88 Å². The Morgan fingerprint density at radius 2 is 2.16 bits per heavy atom. The molecule has 1 heterocycles. The van der Waals surface area contributed by atoms with Crippen LogP contribution in [0.25, 0.3) is 0 Å². The normalized spacial score (nSPS) is 11.4. The first-order valence-corrected chi connectivity index (χ1v) is 6.27. The molecular formula is C13H21N3O3. The van der Waals surface area contributed by atoms with Crippen molar-refractivity contribution in [2.45, 2.75) is 52.2 Å². The summed E-state index contributed by atoms with van der Waals surface area (Å²) in [4.78, 5) is 18.7. The largest absolute Gasteiger partial charge is 0.481 e. The van der Waals surface area contributed by atoms with Crippen molar-refractivity contribution in [2.24, 2.45) is 0 Å². The molecule has 0 amide bonds. The summed E-state index contributed by atoms with van der Waals surface area (Å²) in [5, 5.41) is 11.9. The fraction of sp³-hybridized carbons (Fsp3) is 0.615. The van der Waals surface area contributed by atoms with Crippen LogP contribution in [0.2, 0.25) is 0 Å². The Morgan fingerprint density at radius 3 is 2.74 bits per heavy atom. The van der Waals surface area contributed by atoms with Crippen LogP contribution in [0.4, 0.5) is 5.82 Å². The zero-order chi connectivity index (χ0) is 14.5. The molecule has 2 N–H and O–H groups in total. The van der Waals surface area contributed by atoms with E-state index in [1.165, 1.54) is 6.33 Å². The van der Waals surface area contributed by atoms with Crippen molar-refractivity contribution in [1.29, 1.82) is 0 Å². The molecule has 6 nitrogen and oxygen atoms in total. The average Bonchev–Trinajstić information content (AvgIpc) is 2.25. The second-order valence-electron chi connectivity index (χ2n) is 5.31. The lowest BCUT2D eigenvalue weighted by Crippen LogP contribution is -2.32. The number of rotatable bonds is 7. The fourth-order valence-electron chi connectivity index (χ4n) is 1.54. The Bertz CT molecular complexity index is 433. The van der Waals surface area contributed by atoms with Crippen LogP contribution in [0, 0.1) is 0 Å². The molecular weight excluding hydrogens is 246 g/mol. The monoisotopic (exact) mass is 267 g/mol. The van der Waals surface area contributed by atoms with E-state index in [4.69, 9.17) is 9.84 Å². The van der Waals surface area contributed by atoms with Crippen molar-refractivity contribution >= 4 is 11.8 Å². The van der Waals surface area contributed by atoms with Crippen molar-refractivity contribution < 1.29 is 14.6 Å². The molecule has 0 aliphatic heterocycles. The predicted molar refractivity (Wildman–Crippen MR) is 72.4 cm³/mol. The molecule has 6 heteroatoms. The number of hydrogen-bond acceptors (Lipinski definition) is 5. The minimum atomic E-state index is -0.804. The van der Waals surface area contributed by atoms with Gasteiger partial charge < -0.3 is 15.2 Å². The molecule has 0 radical (unpaired) electrons. The molecule has 1 rings (SSSR count). The Balaban J connectivity index is 2.67. The summed E-state index contributed by atoms with van der Waals surface area (Å²) in [5.41, 5.74) is -0.359. The minimum absolute atomic E-state index is 0.0442. The number of nitrogens with one attached hydrogen (secondary N) is 1. The summed E-state index contributed by atoms with van der Waals surface area (Å²) in [6, 6.07) is 1.71. The summed E-state index contributed by atoms with van der Waals surface area (Å²) < 4.78 is 5.48. The molecule has 0 aliphatic rings. The van der Waals surface area contributed by atoms with Gasteiger partial charge in [0.1, 0.15) is 12.1 Å². The first kappa shape index (κ1) is 15.2. The lowest BCUT2D eigenvalue weighted by molar-refractivity contribution is -0.137. The highest BCUT2D eigenvalue weighted by Gasteiger charge is 2.19. The van der Waals surface area contributed by atoms with Gasteiger partial charge in [0.25, 0.3) is 0 Å². The van der Waals surface area contributed by atoms with E-state index in [-0.39, 0.29) is 18.1 Å². The smallest absolute Gasteiger partial charge is 0.303 e. The van der Waals surface area contributed by atoms with Crippen LogP contribution in [0.1, 0.15) is 40.5 Å². The van der Waals surface area contributed by atoms with Crippen molar-refractivity contribution in [3.63, 3.8) is 0 Å². The van der Waals surface area contributed by atoms with Crippen LogP contribution in [-0.2, 0) is 4.79 Å². The van der Waals surface area contributed by atoms with Gasteiger partial charge in [0.05, 0.1) is 6.10 Å². The van der Waals surface area contributed by atoms with E-state index >= 15 is 0 Å². The number of ether oxygens (including phenoxy) is 1. The third-order valence-corrected chi connectivity index (χ3v) is 2.43. The second kappa shape index (κ2) is 6.36. The molecule has 0 fully saturated rings. The summed E-state index contributed by atoms with van der Waals surface area (Å²) in [5.74, 6) is 0.323. The lowest BCUT2D eigenvalue weighted by Gasteiger charge is -2.26. The highest BCUT2D eigenvalue weighted by Crippen LogP contribution is 2.20. The van der Waals surface area contributed by atoms with E-state index in [0.717, 1.165) is 0 Å². The van der Waals surface area contributed by atoms with Crippen LogP contribution < -0.4 is 10.1 Å². The number of carboxylic acid groups (broad SMARTS) is 1. The zero-order valence-corrected chi connectivity index (χ0v) is 11.8. The van der Waals surface area contributed by atoms with E-state index in [9.17, 15) is 4.79 Å². The van der Waals surface area contributed by atoms with Crippen LogP contribution in [-0.4, -0.2) is 32.7 Å². The topological polar surface area (TPSA) is 84.3 Å². The summed E-state index contributed by atoms with van der Waals surface area (Å²) in [7, 11) is 0. The van der Waals surface area contributed by atoms with Crippen LogP contribution in [0.3, 0.4) is 0 Å². The maximum atomic E-state index is 10.6. The molecule has 0 saturated heterocycles. The molecule has 0 aromatic carbocycles. The Labute approximate surface area is 113 Å². The van der Waals surface area contributed by atoms with Gasteiger partial charge in [0.15, 0.2) is 0 Å². The number of carboxylic acids is 1. The standard InChI is InChI=1S/C13H21N3O3/c1-9(2)19-11-7-10(14-8-15-11)16-13(3,4)6-5-12(17)18/h7-9H,5-6H2,1-4H3,(H,17,18)(H,14,15,16). The molecule has 0 spiro atoms. The number of aromatic nitrogens is 2. The van der Waals surface area contributed by atoms with E-state index < -0.39 is 5.97 Å². The van der Waals surface area contributed by atoms with Crippen molar-refractivity contribution in [3.8, 4) is 5.88 Å². The van der Waals surface area contributed by atoms with E-state index in [0.29, 0.717) is 18.1 Å². The van der Waals surface area contributed by atoms with Crippen LogP contribution >= 0.6 is 0 Å². The molecule has 1 aromatic heterocycles. The Kier molecular flexibility index (Phi) is 5.09. The molecule has 106 valence electrons. The molecule has 0 saturated carbocycles. The summed E-state index contributed by atoms with van der Waals surface area (Å²) in [6.07, 6.45) is 2.09. The molecule has 0 aliphatic carbocycles. The third-order valence-electron chi connectivity index (χ3n) is 2.43. The van der Waals surface area contributed by atoms with Gasteiger partial charge in [-0.3, -0.25) is 4.79 Å². The van der Waals surface area contributed by atoms with Gasteiger partial charge in [-0.1, -0.05) is 0 Å². The number of hydrogen-bond donors (Lipinski definition) is 2. The van der Waals surface area contributed by atoms with Gasteiger partial charge >= 0.3 is 5.97 Å². The van der Waals surface area contributed by atoms with E-state index in [2.05, 4.69) is 15.3 Å².